The van der Waals surface area contributed by atoms with E-state index in [4.69, 9.17) is 4.74 Å². The van der Waals surface area contributed by atoms with E-state index < -0.39 is 22.9 Å². The van der Waals surface area contributed by atoms with Crippen LogP contribution in [-0.2, 0) is 9.53 Å². The molecule has 6 heteroatoms. The SMILES string of the molecule is CCOC(=O)C(C(=O)c1ccccc1)c1ccccc1[NH+]([O-])O. The van der Waals surface area contributed by atoms with Crippen LogP contribution in [0.5, 0.6) is 0 Å². The van der Waals surface area contributed by atoms with E-state index in [0.29, 0.717) is 5.56 Å². The fourth-order valence-corrected chi connectivity index (χ4v) is 2.31. The molecule has 0 spiro atoms. The highest BCUT2D eigenvalue weighted by molar-refractivity contribution is 6.13. The lowest BCUT2D eigenvalue weighted by atomic mass is 9.89. The standard InChI is InChI=1S/C17H17NO5/c1-2-23-17(20)15(16(19)12-8-4-3-5-9-12)13-10-6-7-11-14(13)18(21)22/h3-11,15,18,21H,2H2,1H3. The summed E-state index contributed by atoms with van der Waals surface area (Å²) >= 11 is 0. The van der Waals surface area contributed by atoms with Gasteiger partial charge in [0.1, 0.15) is 0 Å². The van der Waals surface area contributed by atoms with Gasteiger partial charge in [0, 0.05) is 17.2 Å². The monoisotopic (exact) mass is 315 g/mol. The molecule has 0 fully saturated rings. The van der Waals surface area contributed by atoms with Crippen molar-refractivity contribution >= 4 is 17.4 Å². The molecule has 0 saturated carbocycles. The lowest BCUT2D eigenvalue weighted by molar-refractivity contribution is -0.991. The van der Waals surface area contributed by atoms with Gasteiger partial charge in [0.25, 0.3) is 0 Å². The van der Waals surface area contributed by atoms with Gasteiger partial charge in [-0.2, -0.15) is 5.23 Å². The van der Waals surface area contributed by atoms with Crippen LogP contribution in [-0.4, -0.2) is 23.6 Å². The van der Waals surface area contributed by atoms with Gasteiger partial charge in [0.15, 0.2) is 17.4 Å². The predicted octanol–water partition coefficient (Wildman–Crippen LogP) is 1.62. The van der Waals surface area contributed by atoms with Gasteiger partial charge >= 0.3 is 5.97 Å². The second kappa shape index (κ2) is 7.64. The van der Waals surface area contributed by atoms with Crippen LogP contribution in [0.3, 0.4) is 0 Å². The van der Waals surface area contributed by atoms with Gasteiger partial charge in [0.2, 0.25) is 0 Å². The number of carbonyl (C=O) groups excluding carboxylic acids is 2. The van der Waals surface area contributed by atoms with Crippen LogP contribution in [0.2, 0.25) is 0 Å². The molecule has 0 aromatic heterocycles. The molecule has 0 bridgehead atoms. The van der Waals surface area contributed by atoms with Gasteiger partial charge in [0.05, 0.1) is 6.61 Å². The van der Waals surface area contributed by atoms with Crippen LogP contribution < -0.4 is 5.23 Å². The number of hydrogen-bond acceptors (Lipinski definition) is 5. The lowest BCUT2D eigenvalue weighted by Crippen LogP contribution is -2.99. The van der Waals surface area contributed by atoms with E-state index in [-0.39, 0.29) is 17.9 Å². The normalized spacial score (nSPS) is 13.2. The first-order chi connectivity index (χ1) is 11.1. The summed E-state index contributed by atoms with van der Waals surface area (Å²) in [6, 6.07) is 14.2. The predicted molar refractivity (Wildman–Crippen MR) is 82.4 cm³/mol. The Bertz CT molecular complexity index is 684. The summed E-state index contributed by atoms with van der Waals surface area (Å²) in [4.78, 5) is 25.0. The molecule has 0 aliphatic heterocycles. The first kappa shape index (κ1) is 16.8. The average molecular weight is 315 g/mol. The Morgan fingerprint density at radius 1 is 1.13 bits per heavy atom. The summed E-state index contributed by atoms with van der Waals surface area (Å²) in [5.74, 6) is -2.54. The second-order valence-electron chi connectivity index (χ2n) is 4.81. The number of ether oxygens (including phenoxy) is 1. The van der Waals surface area contributed by atoms with Crippen LogP contribution in [0.1, 0.15) is 28.8 Å². The summed E-state index contributed by atoms with van der Waals surface area (Å²) in [6.07, 6.45) is 0. The molecule has 0 aliphatic carbocycles. The van der Waals surface area contributed by atoms with Crippen molar-refractivity contribution in [2.24, 2.45) is 0 Å². The number of para-hydroxylation sites is 1. The molecule has 2 unspecified atom stereocenters. The highest BCUT2D eigenvalue weighted by Gasteiger charge is 2.34. The average Bonchev–Trinajstić information content (AvgIpc) is 2.56. The molecule has 2 rings (SSSR count). The molecule has 2 atom stereocenters. The zero-order valence-corrected chi connectivity index (χ0v) is 12.6. The summed E-state index contributed by atoms with van der Waals surface area (Å²) in [5, 5.41) is 19.5. The quantitative estimate of drug-likeness (QED) is 0.366. The molecule has 2 aromatic rings. The van der Waals surface area contributed by atoms with Crippen LogP contribution in [0.4, 0.5) is 5.69 Å². The van der Waals surface area contributed by atoms with Crippen LogP contribution in [0.25, 0.3) is 0 Å². The van der Waals surface area contributed by atoms with Crippen molar-refractivity contribution in [3.63, 3.8) is 0 Å². The number of benzene rings is 2. The number of quaternary nitrogens is 1. The third-order valence-electron chi connectivity index (χ3n) is 3.34. The lowest BCUT2D eigenvalue weighted by Gasteiger charge is -2.20. The molecule has 23 heavy (non-hydrogen) atoms. The molecular weight excluding hydrogens is 298 g/mol. The minimum Gasteiger partial charge on any atom is -0.595 e. The van der Waals surface area contributed by atoms with E-state index in [9.17, 15) is 20.0 Å². The minimum atomic E-state index is -1.30. The smallest absolute Gasteiger partial charge is 0.321 e. The number of rotatable bonds is 6. The number of hydrogen-bond donors (Lipinski definition) is 2. The van der Waals surface area contributed by atoms with Crippen molar-refractivity contribution in [3.8, 4) is 0 Å². The van der Waals surface area contributed by atoms with E-state index in [0.717, 1.165) is 0 Å². The van der Waals surface area contributed by atoms with E-state index >= 15 is 0 Å². The highest BCUT2D eigenvalue weighted by atomic mass is 16.8. The number of Topliss-reactive ketones (excluding diaryl/α,β-unsaturated/α-hetero) is 1. The highest BCUT2D eigenvalue weighted by Crippen LogP contribution is 2.27. The van der Waals surface area contributed by atoms with Crippen LogP contribution in [0.15, 0.2) is 54.6 Å². The van der Waals surface area contributed by atoms with Gasteiger partial charge in [-0.1, -0.05) is 48.5 Å². The van der Waals surface area contributed by atoms with E-state index in [1.54, 1.807) is 49.4 Å². The molecule has 0 heterocycles. The Kier molecular flexibility index (Phi) is 5.59. The Morgan fingerprint density at radius 3 is 2.35 bits per heavy atom. The van der Waals surface area contributed by atoms with Crippen molar-refractivity contribution < 1.29 is 24.8 Å². The largest absolute Gasteiger partial charge is 0.595 e. The van der Waals surface area contributed by atoms with Crippen LogP contribution in [0, 0.1) is 5.21 Å². The first-order valence-corrected chi connectivity index (χ1v) is 7.14. The zero-order valence-electron chi connectivity index (χ0n) is 12.6. The summed E-state index contributed by atoms with van der Waals surface area (Å²) in [5.41, 5.74) is 0.368. The Labute approximate surface area is 133 Å². The maximum absolute atomic E-state index is 12.7. The summed E-state index contributed by atoms with van der Waals surface area (Å²) in [7, 11) is 0. The molecular formula is C17H17NO5. The van der Waals surface area contributed by atoms with Crippen molar-refractivity contribution in [3.05, 3.63) is 70.9 Å². The topological polar surface area (TPSA) is 91.1 Å². The molecule has 2 aromatic carbocycles. The Morgan fingerprint density at radius 2 is 1.74 bits per heavy atom. The van der Waals surface area contributed by atoms with Crippen LogP contribution >= 0.6 is 0 Å². The zero-order chi connectivity index (χ0) is 16.8. The van der Waals surface area contributed by atoms with E-state index in [1.165, 1.54) is 12.1 Å². The molecule has 2 N–H and O–H groups in total. The van der Waals surface area contributed by atoms with Gasteiger partial charge in [-0.3, -0.25) is 9.59 Å². The Balaban J connectivity index is 2.52. The second-order valence-corrected chi connectivity index (χ2v) is 4.81. The number of nitrogens with one attached hydrogen (secondary N) is 1. The van der Waals surface area contributed by atoms with Crippen molar-refractivity contribution in [1.29, 1.82) is 0 Å². The molecule has 6 nitrogen and oxygen atoms in total. The number of esters is 1. The molecule has 0 radical (unpaired) electrons. The molecule has 120 valence electrons. The van der Waals surface area contributed by atoms with E-state index in [1.807, 2.05) is 0 Å². The Hall–Kier alpha value is -2.54. The minimum absolute atomic E-state index is 0.0881. The molecule has 0 saturated heterocycles. The van der Waals surface area contributed by atoms with Crippen molar-refractivity contribution in [2.75, 3.05) is 6.61 Å². The van der Waals surface area contributed by atoms with Gasteiger partial charge < -0.3 is 9.94 Å². The fraction of sp³-hybridized carbons (Fsp3) is 0.176. The summed E-state index contributed by atoms with van der Waals surface area (Å²) < 4.78 is 4.98. The van der Waals surface area contributed by atoms with Gasteiger partial charge in [-0.15, -0.1) is 0 Å². The molecule has 0 amide bonds. The van der Waals surface area contributed by atoms with E-state index in [2.05, 4.69) is 0 Å². The van der Waals surface area contributed by atoms with Crippen molar-refractivity contribution in [1.82, 2.24) is 0 Å². The number of carbonyl (C=O) groups is 2. The fourth-order valence-electron chi connectivity index (χ4n) is 2.31. The molecule has 0 aliphatic rings. The first-order valence-electron chi connectivity index (χ1n) is 7.14. The third-order valence-corrected chi connectivity index (χ3v) is 3.34. The van der Waals surface area contributed by atoms with Gasteiger partial charge in [-0.05, 0) is 6.92 Å². The maximum atomic E-state index is 12.7. The van der Waals surface area contributed by atoms with Crippen molar-refractivity contribution in [2.45, 2.75) is 12.8 Å². The maximum Gasteiger partial charge on any atom is 0.321 e. The third kappa shape index (κ3) is 3.81. The summed E-state index contributed by atoms with van der Waals surface area (Å²) in [6.45, 7) is 1.73. The van der Waals surface area contributed by atoms with Gasteiger partial charge in [-0.25, -0.2) is 5.21 Å². The number of ketones is 1.